The minimum Gasteiger partial charge on any atom is -0.342 e. The van der Waals surface area contributed by atoms with Crippen molar-refractivity contribution >= 4 is 45.0 Å². The summed E-state index contributed by atoms with van der Waals surface area (Å²) in [6, 6.07) is 4.20. The fourth-order valence-electron chi connectivity index (χ4n) is 2.23. The van der Waals surface area contributed by atoms with Gasteiger partial charge >= 0.3 is 0 Å². The van der Waals surface area contributed by atoms with Gasteiger partial charge in [-0.05, 0) is 47.0 Å². The number of carbonyl (C=O) groups excluding carboxylic acids is 2. The maximum atomic E-state index is 12.6. The summed E-state index contributed by atoms with van der Waals surface area (Å²) < 4.78 is 0.755. The third-order valence-corrected chi connectivity index (χ3v) is 4.65. The van der Waals surface area contributed by atoms with E-state index in [1.54, 1.807) is 25.1 Å². The first-order valence-electron chi connectivity index (χ1n) is 6.41. The average molecular weight is 360 g/mol. The van der Waals surface area contributed by atoms with Crippen LogP contribution in [0.1, 0.15) is 20.8 Å². The third kappa shape index (κ3) is 2.69. The molecular weight excluding hydrogens is 344 g/mol. The smallest absolute Gasteiger partial charge is 0.250 e. The number of hydrogen-bond donors (Lipinski definition) is 1. The molecule has 2 unspecified atom stereocenters. The van der Waals surface area contributed by atoms with E-state index in [4.69, 9.17) is 11.6 Å². The minimum absolute atomic E-state index is 0.0346. The molecule has 1 aliphatic rings. The van der Waals surface area contributed by atoms with Crippen LogP contribution in [0.4, 0.5) is 5.69 Å². The van der Waals surface area contributed by atoms with Crippen LogP contribution in [-0.2, 0) is 9.59 Å². The largest absolute Gasteiger partial charge is 0.342 e. The molecule has 0 aromatic heterocycles. The van der Waals surface area contributed by atoms with E-state index in [9.17, 15) is 9.59 Å². The van der Waals surface area contributed by atoms with Gasteiger partial charge in [0, 0.05) is 10.2 Å². The molecule has 2 rings (SSSR count). The van der Waals surface area contributed by atoms with Gasteiger partial charge in [-0.25, -0.2) is 0 Å². The van der Waals surface area contributed by atoms with Crippen molar-refractivity contribution in [2.24, 2.45) is 5.92 Å². The lowest BCUT2D eigenvalue weighted by Crippen LogP contribution is -2.64. The third-order valence-electron chi connectivity index (χ3n) is 3.42. The molecule has 2 atom stereocenters. The second kappa shape index (κ2) is 5.74. The monoisotopic (exact) mass is 358 g/mol. The van der Waals surface area contributed by atoms with Gasteiger partial charge in [0.15, 0.2) is 0 Å². The first-order chi connectivity index (χ1) is 9.32. The molecule has 0 spiro atoms. The molecule has 4 nitrogen and oxygen atoms in total. The lowest BCUT2D eigenvalue weighted by molar-refractivity contribution is -0.134. The van der Waals surface area contributed by atoms with Crippen LogP contribution >= 0.6 is 27.5 Å². The summed E-state index contributed by atoms with van der Waals surface area (Å²) in [6.45, 7) is 5.52. The molecule has 0 radical (unpaired) electrons. The lowest BCUT2D eigenvalue weighted by atomic mass is 9.98. The van der Waals surface area contributed by atoms with Crippen LogP contribution in [-0.4, -0.2) is 23.9 Å². The van der Waals surface area contributed by atoms with E-state index in [0.29, 0.717) is 10.7 Å². The number of halogens is 2. The van der Waals surface area contributed by atoms with Gasteiger partial charge in [0.2, 0.25) is 5.91 Å². The first kappa shape index (κ1) is 15.3. The lowest BCUT2D eigenvalue weighted by Gasteiger charge is -2.38. The van der Waals surface area contributed by atoms with Crippen molar-refractivity contribution in [1.82, 2.24) is 5.32 Å². The van der Waals surface area contributed by atoms with Crippen LogP contribution in [0.2, 0.25) is 5.02 Å². The molecule has 1 fully saturated rings. The Hall–Kier alpha value is -1.07. The molecule has 2 amide bonds. The zero-order chi connectivity index (χ0) is 15.0. The van der Waals surface area contributed by atoms with Crippen molar-refractivity contribution in [3.63, 3.8) is 0 Å². The summed E-state index contributed by atoms with van der Waals surface area (Å²) in [6.07, 6.45) is 0. The normalized spacial score (nSPS) is 23.2. The number of piperazine rings is 1. The number of carbonyl (C=O) groups is 2. The predicted molar refractivity (Wildman–Crippen MR) is 82.9 cm³/mol. The standard InChI is InChI=1S/C14H16BrClN2O2/c1-7(2)12-14(20)18(8(3)13(19)17-12)9-4-5-10(15)11(16)6-9/h4-8,12H,1-3H3,(H,17,19). The maximum Gasteiger partial charge on any atom is 0.250 e. The molecule has 1 aromatic rings. The number of amides is 2. The molecule has 1 aromatic carbocycles. The zero-order valence-corrected chi connectivity index (χ0v) is 13.8. The number of hydrogen-bond acceptors (Lipinski definition) is 2. The highest BCUT2D eigenvalue weighted by molar-refractivity contribution is 9.10. The number of nitrogens with zero attached hydrogens (tertiary/aromatic N) is 1. The molecule has 1 heterocycles. The SMILES string of the molecule is CC(C)C1NC(=O)C(C)N(c2ccc(Br)c(Cl)c2)C1=O. The van der Waals surface area contributed by atoms with Crippen molar-refractivity contribution in [1.29, 1.82) is 0 Å². The van der Waals surface area contributed by atoms with E-state index in [1.165, 1.54) is 4.90 Å². The molecule has 108 valence electrons. The molecule has 0 saturated carbocycles. The van der Waals surface area contributed by atoms with E-state index < -0.39 is 12.1 Å². The second-order valence-electron chi connectivity index (χ2n) is 5.21. The van der Waals surface area contributed by atoms with Gasteiger partial charge in [0.05, 0.1) is 5.02 Å². The van der Waals surface area contributed by atoms with Gasteiger partial charge in [-0.2, -0.15) is 0 Å². The molecule has 1 N–H and O–H groups in total. The van der Waals surface area contributed by atoms with Crippen LogP contribution in [0.25, 0.3) is 0 Å². The van der Waals surface area contributed by atoms with Crippen LogP contribution in [0.3, 0.4) is 0 Å². The fraction of sp³-hybridized carbons (Fsp3) is 0.429. The van der Waals surface area contributed by atoms with Crippen molar-refractivity contribution in [2.45, 2.75) is 32.9 Å². The molecule has 20 heavy (non-hydrogen) atoms. The molecule has 1 aliphatic heterocycles. The van der Waals surface area contributed by atoms with Crippen molar-refractivity contribution in [3.05, 3.63) is 27.7 Å². The Labute approximate surface area is 131 Å². The summed E-state index contributed by atoms with van der Waals surface area (Å²) >= 11 is 9.39. The number of rotatable bonds is 2. The van der Waals surface area contributed by atoms with Gasteiger partial charge < -0.3 is 5.32 Å². The molecular formula is C14H16BrClN2O2. The number of anilines is 1. The van der Waals surface area contributed by atoms with Crippen molar-refractivity contribution < 1.29 is 9.59 Å². The Bertz CT molecular complexity index is 562. The van der Waals surface area contributed by atoms with E-state index in [1.807, 2.05) is 13.8 Å². The summed E-state index contributed by atoms with van der Waals surface area (Å²) in [5, 5.41) is 3.28. The van der Waals surface area contributed by atoms with E-state index >= 15 is 0 Å². The topological polar surface area (TPSA) is 49.4 Å². The fourth-order valence-corrected chi connectivity index (χ4v) is 2.65. The van der Waals surface area contributed by atoms with Crippen molar-refractivity contribution in [3.8, 4) is 0 Å². The minimum atomic E-state index is -0.547. The highest BCUT2D eigenvalue weighted by Gasteiger charge is 2.40. The Morgan fingerprint density at radius 2 is 2.00 bits per heavy atom. The maximum absolute atomic E-state index is 12.6. The summed E-state index contributed by atoms with van der Waals surface area (Å²) in [5.74, 6) is -0.222. The van der Waals surface area contributed by atoms with Gasteiger partial charge in [0.1, 0.15) is 12.1 Å². The number of nitrogens with one attached hydrogen (secondary N) is 1. The van der Waals surface area contributed by atoms with E-state index in [2.05, 4.69) is 21.2 Å². The van der Waals surface area contributed by atoms with Crippen LogP contribution in [0, 0.1) is 5.92 Å². The second-order valence-corrected chi connectivity index (χ2v) is 6.47. The van der Waals surface area contributed by atoms with Crippen LogP contribution < -0.4 is 10.2 Å². The van der Waals surface area contributed by atoms with Gasteiger partial charge in [0.25, 0.3) is 5.91 Å². The molecule has 6 heteroatoms. The quantitative estimate of drug-likeness (QED) is 0.882. The summed E-state index contributed by atoms with van der Waals surface area (Å²) in [5.41, 5.74) is 0.635. The van der Waals surface area contributed by atoms with Crippen molar-refractivity contribution in [2.75, 3.05) is 4.90 Å². The Morgan fingerprint density at radius 3 is 2.55 bits per heavy atom. The first-order valence-corrected chi connectivity index (χ1v) is 7.58. The Kier molecular flexibility index (Phi) is 4.39. The zero-order valence-electron chi connectivity index (χ0n) is 11.5. The molecule has 0 aliphatic carbocycles. The summed E-state index contributed by atoms with van der Waals surface area (Å²) in [7, 11) is 0. The predicted octanol–water partition coefficient (Wildman–Crippen LogP) is 2.98. The Balaban J connectivity index is 2.43. The van der Waals surface area contributed by atoms with Crippen LogP contribution in [0.15, 0.2) is 22.7 Å². The summed E-state index contributed by atoms with van der Waals surface area (Å²) in [4.78, 5) is 26.1. The molecule has 0 bridgehead atoms. The average Bonchev–Trinajstić information content (AvgIpc) is 2.38. The van der Waals surface area contributed by atoms with E-state index in [-0.39, 0.29) is 17.7 Å². The van der Waals surface area contributed by atoms with Gasteiger partial charge in [-0.15, -0.1) is 0 Å². The van der Waals surface area contributed by atoms with Gasteiger partial charge in [-0.1, -0.05) is 25.4 Å². The highest BCUT2D eigenvalue weighted by Crippen LogP contribution is 2.30. The van der Waals surface area contributed by atoms with E-state index in [0.717, 1.165) is 4.47 Å². The molecule has 1 saturated heterocycles. The van der Waals surface area contributed by atoms with Gasteiger partial charge in [-0.3, -0.25) is 14.5 Å². The Morgan fingerprint density at radius 1 is 1.35 bits per heavy atom. The van der Waals surface area contributed by atoms with Crippen LogP contribution in [0.5, 0.6) is 0 Å². The highest BCUT2D eigenvalue weighted by atomic mass is 79.9. The number of benzene rings is 1.